The van der Waals surface area contributed by atoms with Gasteiger partial charge in [0, 0.05) is 21.7 Å². The molecule has 0 aromatic heterocycles. The quantitative estimate of drug-likeness (QED) is 0.402. The molecule has 0 aromatic carbocycles. The molecule has 1 heteroatoms. The van der Waals surface area contributed by atoms with Gasteiger partial charge < -0.3 is 37.1 Å². The average molecular weight is 188 g/mol. The summed E-state index contributed by atoms with van der Waals surface area (Å²) in [6.07, 6.45) is 10.0. The third-order valence-electron chi connectivity index (χ3n) is 0.586. The molecule has 0 spiro atoms. The smallest absolute Gasteiger partial charge is 0 e. The molecular weight excluding hydrogens is 168 g/mol. The van der Waals surface area contributed by atoms with Gasteiger partial charge in [0.2, 0.25) is 0 Å². The van der Waals surface area contributed by atoms with Crippen LogP contribution in [0.15, 0.2) is 18.2 Å². The molecule has 70 valence electrons. The summed E-state index contributed by atoms with van der Waals surface area (Å²) in [5, 5.41) is 0. The third-order valence-corrected chi connectivity index (χ3v) is 0.586. The third kappa shape index (κ3) is 25.4. The monoisotopic (exact) mass is 188 g/mol. The molecule has 0 atom stereocenters. The molecule has 0 bridgehead atoms. The molecule has 1 rings (SSSR count). The Hall–Kier alpha value is 0.194. The van der Waals surface area contributed by atoms with Gasteiger partial charge in [-0.15, -0.1) is 6.42 Å². The number of hydrogen-bond donors (Lipinski definition) is 0. The van der Waals surface area contributed by atoms with Gasteiger partial charge in [0.25, 0.3) is 0 Å². The van der Waals surface area contributed by atoms with Crippen LogP contribution in [0.1, 0.15) is 6.42 Å². The minimum atomic E-state index is 0. The van der Waals surface area contributed by atoms with Gasteiger partial charge in [-0.05, 0) is 0 Å². The molecule has 11 heavy (non-hydrogen) atoms. The van der Waals surface area contributed by atoms with Crippen molar-refractivity contribution in [3.8, 4) is 0 Å². The van der Waals surface area contributed by atoms with Crippen LogP contribution in [-0.2, 0) is 21.7 Å². The van der Waals surface area contributed by atoms with Crippen molar-refractivity contribution in [3.05, 3.63) is 61.4 Å². The zero-order valence-corrected chi connectivity index (χ0v) is 10.0. The van der Waals surface area contributed by atoms with Gasteiger partial charge in [-0.25, -0.2) is 12.2 Å². The Morgan fingerprint density at radius 3 is 1.45 bits per heavy atom. The predicted molar refractivity (Wildman–Crippen MR) is 53.6 cm³/mol. The van der Waals surface area contributed by atoms with E-state index in [0.29, 0.717) is 0 Å². The van der Waals surface area contributed by atoms with Crippen molar-refractivity contribution in [1.82, 2.24) is 0 Å². The van der Waals surface area contributed by atoms with Crippen molar-refractivity contribution in [2.45, 2.75) is 6.42 Å². The summed E-state index contributed by atoms with van der Waals surface area (Å²) in [6.45, 7) is 0. The summed E-state index contributed by atoms with van der Waals surface area (Å²) in [5.41, 5.74) is 0. The molecule has 0 aromatic rings. The summed E-state index contributed by atoms with van der Waals surface area (Å²) in [7, 11) is 0. The minimum Gasteiger partial charge on any atom is -0.358 e. The van der Waals surface area contributed by atoms with Crippen molar-refractivity contribution in [2.24, 2.45) is 0 Å². The van der Waals surface area contributed by atoms with Crippen LogP contribution in [0.25, 0.3) is 0 Å². The molecule has 0 heterocycles. The van der Waals surface area contributed by atoms with E-state index in [4.69, 9.17) is 0 Å². The molecule has 0 saturated heterocycles. The molecule has 0 aliphatic heterocycles. The van der Waals surface area contributed by atoms with E-state index in [1.807, 2.05) is 12.2 Å². The second kappa shape index (κ2) is 31.9. The number of allylic oxidation sites excluding steroid dienone is 4. The fourth-order valence-corrected chi connectivity index (χ4v) is 0.340. The average Bonchev–Trinajstić information content (AvgIpc) is 1.76. The summed E-state index contributed by atoms with van der Waals surface area (Å²) < 4.78 is 0. The van der Waals surface area contributed by atoms with Crippen LogP contribution < -0.4 is 0 Å². The van der Waals surface area contributed by atoms with E-state index < -0.39 is 0 Å². The maximum atomic E-state index is 2.99. The van der Waals surface area contributed by atoms with Gasteiger partial charge in [0.15, 0.2) is 0 Å². The van der Waals surface area contributed by atoms with Crippen LogP contribution in [0.3, 0.4) is 0 Å². The molecule has 0 nitrogen and oxygen atoms in total. The van der Waals surface area contributed by atoms with Crippen LogP contribution in [0.2, 0.25) is 0 Å². The first-order valence-corrected chi connectivity index (χ1v) is 1.72. The first-order valence-electron chi connectivity index (χ1n) is 1.72. The van der Waals surface area contributed by atoms with E-state index in [1.165, 1.54) is 0 Å². The zero-order chi connectivity index (χ0) is 3.54. The fourth-order valence-electron chi connectivity index (χ4n) is 0.340. The SMILES string of the molecule is [C-]1=CC=CC1.[CH3-].[CH3-].[CH3-].[CH3-].[CH3-].[Ti]. The molecule has 0 fully saturated rings. The second-order valence-electron chi connectivity index (χ2n) is 1.00. The van der Waals surface area contributed by atoms with Gasteiger partial charge in [0.1, 0.15) is 0 Å². The number of hydrogen-bond acceptors (Lipinski definition) is 0. The molecule has 0 unspecified atom stereocenters. The van der Waals surface area contributed by atoms with Crippen LogP contribution in [0.4, 0.5) is 0 Å². The molecular formula is C10H20Ti-6. The maximum Gasteiger partial charge on any atom is 0 e. The van der Waals surface area contributed by atoms with Gasteiger partial charge in [-0.1, -0.05) is 0 Å². The topological polar surface area (TPSA) is 0 Å². The van der Waals surface area contributed by atoms with Crippen molar-refractivity contribution in [1.29, 1.82) is 0 Å². The van der Waals surface area contributed by atoms with Crippen LogP contribution in [-0.4, -0.2) is 0 Å². The van der Waals surface area contributed by atoms with E-state index in [-0.39, 0.29) is 58.9 Å². The first-order chi connectivity index (χ1) is 2.50. The van der Waals surface area contributed by atoms with E-state index in [0.717, 1.165) is 6.42 Å². The summed E-state index contributed by atoms with van der Waals surface area (Å²) in [6, 6.07) is 0. The molecule has 1 aliphatic carbocycles. The Labute approximate surface area is 89.7 Å². The molecule has 0 amide bonds. The zero-order valence-electron chi connectivity index (χ0n) is 8.44. The van der Waals surface area contributed by atoms with Crippen LogP contribution in [0, 0.1) is 43.2 Å². The van der Waals surface area contributed by atoms with Gasteiger partial charge in [-0.3, -0.25) is 6.08 Å². The Balaban J connectivity index is -0.0000000104. The minimum absolute atomic E-state index is 0. The predicted octanol–water partition coefficient (Wildman–Crippen LogP) is 3.55. The molecule has 0 saturated carbocycles. The van der Waals surface area contributed by atoms with Crippen LogP contribution >= 0.6 is 0 Å². The van der Waals surface area contributed by atoms with Gasteiger partial charge in [0.05, 0.1) is 0 Å². The molecule has 0 N–H and O–H groups in total. The summed E-state index contributed by atoms with van der Waals surface area (Å²) >= 11 is 0. The normalized spacial score (nSPS) is 8.00. The van der Waals surface area contributed by atoms with Crippen molar-refractivity contribution < 1.29 is 21.7 Å². The molecule has 0 radical (unpaired) electrons. The van der Waals surface area contributed by atoms with E-state index >= 15 is 0 Å². The van der Waals surface area contributed by atoms with Crippen molar-refractivity contribution in [3.63, 3.8) is 0 Å². The number of rotatable bonds is 0. The maximum absolute atomic E-state index is 2.99. The van der Waals surface area contributed by atoms with E-state index in [9.17, 15) is 0 Å². The summed E-state index contributed by atoms with van der Waals surface area (Å²) in [5.74, 6) is 0. The molecule has 1 aliphatic rings. The second-order valence-corrected chi connectivity index (χ2v) is 1.00. The Morgan fingerprint density at radius 2 is 1.36 bits per heavy atom. The van der Waals surface area contributed by atoms with Crippen molar-refractivity contribution in [2.75, 3.05) is 0 Å². The summed E-state index contributed by atoms with van der Waals surface area (Å²) in [4.78, 5) is 0. The Kier molecular flexibility index (Phi) is 125. The van der Waals surface area contributed by atoms with Crippen LogP contribution in [0.5, 0.6) is 0 Å². The van der Waals surface area contributed by atoms with Gasteiger partial charge >= 0.3 is 0 Å². The first kappa shape index (κ1) is 43.1. The van der Waals surface area contributed by atoms with Gasteiger partial charge in [-0.2, -0.15) is 6.08 Å². The van der Waals surface area contributed by atoms with E-state index in [2.05, 4.69) is 12.2 Å². The Morgan fingerprint density at radius 1 is 0.909 bits per heavy atom. The Bertz CT molecular complexity index is 62.9. The van der Waals surface area contributed by atoms with Crippen molar-refractivity contribution >= 4 is 0 Å². The van der Waals surface area contributed by atoms with E-state index in [1.54, 1.807) is 0 Å². The standard InChI is InChI=1S/C5H5.5CH3.Ti/c1-2-4-5-3-1;;;;;;/h1-3H,4H2;5*1H3;/q6*-1;. The fraction of sp³-hybridized carbons (Fsp3) is 0.100. The largest absolute Gasteiger partial charge is 0.358 e.